The Bertz CT molecular complexity index is 699. The maximum absolute atomic E-state index is 4.28. The summed E-state index contributed by atoms with van der Waals surface area (Å²) in [5.74, 6) is 0.882. The Kier molecular flexibility index (Phi) is 2.88. The number of nitrogens with zero attached hydrogens (tertiary/aromatic N) is 3. The fraction of sp³-hybridized carbons (Fsp3) is 0.125. The minimum atomic E-state index is 0.882. The molecule has 3 nitrogen and oxygen atoms in total. The molecule has 0 saturated carbocycles. The molecule has 0 aliphatic carbocycles. The van der Waals surface area contributed by atoms with E-state index in [1.807, 2.05) is 22.8 Å². The summed E-state index contributed by atoms with van der Waals surface area (Å²) >= 11 is 0. The van der Waals surface area contributed by atoms with Gasteiger partial charge in [0.25, 0.3) is 0 Å². The largest absolute Gasteiger partial charge is 0.282 e. The first-order chi connectivity index (χ1) is 9.27. The average Bonchev–Trinajstić information content (AvgIpc) is 2.92. The first-order valence-electron chi connectivity index (χ1n) is 6.29. The lowest BCUT2D eigenvalue weighted by Gasteiger charge is -2.10. The zero-order valence-corrected chi connectivity index (χ0v) is 11.0. The van der Waals surface area contributed by atoms with Crippen molar-refractivity contribution in [2.75, 3.05) is 0 Å². The standard InChI is InChI=1S/C16H15N3/c1-12-7-6-10-15(13(12)2)16-18-17-11-19(16)14-8-4-3-5-9-14/h3-11H,1-2H3. The van der Waals surface area contributed by atoms with E-state index in [0.717, 1.165) is 17.1 Å². The van der Waals surface area contributed by atoms with Gasteiger partial charge in [-0.2, -0.15) is 0 Å². The fourth-order valence-corrected chi connectivity index (χ4v) is 2.19. The molecule has 0 bridgehead atoms. The molecular formula is C16H15N3. The second-order valence-corrected chi connectivity index (χ2v) is 4.61. The predicted molar refractivity (Wildman–Crippen MR) is 76.3 cm³/mol. The molecule has 0 atom stereocenters. The molecule has 0 N–H and O–H groups in total. The summed E-state index contributed by atoms with van der Waals surface area (Å²) in [5, 5.41) is 8.34. The van der Waals surface area contributed by atoms with E-state index >= 15 is 0 Å². The summed E-state index contributed by atoms with van der Waals surface area (Å²) in [4.78, 5) is 0. The Hall–Kier alpha value is -2.42. The lowest BCUT2D eigenvalue weighted by atomic mass is 10.0. The SMILES string of the molecule is Cc1cccc(-c2nncn2-c2ccccc2)c1C. The number of aromatic nitrogens is 3. The molecule has 0 saturated heterocycles. The molecule has 1 heterocycles. The first kappa shape index (κ1) is 11.7. The molecule has 0 amide bonds. The molecule has 0 spiro atoms. The number of aryl methyl sites for hydroxylation is 1. The van der Waals surface area contributed by atoms with Crippen LogP contribution < -0.4 is 0 Å². The van der Waals surface area contributed by atoms with Crippen LogP contribution in [0.3, 0.4) is 0 Å². The summed E-state index contributed by atoms with van der Waals surface area (Å²) in [7, 11) is 0. The van der Waals surface area contributed by atoms with Gasteiger partial charge in [0.2, 0.25) is 0 Å². The summed E-state index contributed by atoms with van der Waals surface area (Å²) in [6.45, 7) is 4.23. The van der Waals surface area contributed by atoms with Crippen molar-refractivity contribution in [3.63, 3.8) is 0 Å². The summed E-state index contributed by atoms with van der Waals surface area (Å²) in [5.41, 5.74) is 4.71. The Balaban J connectivity index is 2.18. The Morgan fingerprint density at radius 2 is 1.68 bits per heavy atom. The van der Waals surface area contributed by atoms with Gasteiger partial charge >= 0.3 is 0 Å². The van der Waals surface area contributed by atoms with Crippen LogP contribution in [0.2, 0.25) is 0 Å². The third-order valence-electron chi connectivity index (χ3n) is 3.43. The molecule has 3 heteroatoms. The predicted octanol–water partition coefficient (Wildman–Crippen LogP) is 3.55. The van der Waals surface area contributed by atoms with E-state index in [1.54, 1.807) is 6.33 Å². The average molecular weight is 249 g/mol. The van der Waals surface area contributed by atoms with Crippen molar-refractivity contribution in [1.82, 2.24) is 14.8 Å². The lowest BCUT2D eigenvalue weighted by Crippen LogP contribution is -1.98. The van der Waals surface area contributed by atoms with Gasteiger partial charge in [-0.05, 0) is 37.1 Å². The smallest absolute Gasteiger partial charge is 0.168 e. The van der Waals surface area contributed by atoms with Gasteiger partial charge in [0.15, 0.2) is 5.82 Å². The monoisotopic (exact) mass is 249 g/mol. The highest BCUT2D eigenvalue weighted by Gasteiger charge is 2.11. The molecule has 0 fully saturated rings. The number of para-hydroxylation sites is 1. The van der Waals surface area contributed by atoms with Crippen LogP contribution in [0, 0.1) is 13.8 Å². The minimum absolute atomic E-state index is 0.882. The van der Waals surface area contributed by atoms with Crippen LogP contribution in [-0.4, -0.2) is 14.8 Å². The number of hydrogen-bond acceptors (Lipinski definition) is 2. The van der Waals surface area contributed by atoms with Crippen LogP contribution >= 0.6 is 0 Å². The zero-order chi connectivity index (χ0) is 13.2. The molecule has 0 aliphatic heterocycles. The van der Waals surface area contributed by atoms with E-state index in [0.29, 0.717) is 0 Å². The normalized spacial score (nSPS) is 10.6. The maximum atomic E-state index is 4.28. The number of hydrogen-bond donors (Lipinski definition) is 0. The maximum Gasteiger partial charge on any atom is 0.168 e. The van der Waals surface area contributed by atoms with Crippen molar-refractivity contribution in [2.45, 2.75) is 13.8 Å². The minimum Gasteiger partial charge on any atom is -0.282 e. The van der Waals surface area contributed by atoms with Gasteiger partial charge in [-0.1, -0.05) is 36.4 Å². The quantitative estimate of drug-likeness (QED) is 0.695. The van der Waals surface area contributed by atoms with Crippen LogP contribution in [0.5, 0.6) is 0 Å². The molecule has 0 unspecified atom stereocenters. The Morgan fingerprint density at radius 3 is 2.47 bits per heavy atom. The molecule has 3 aromatic rings. The fourth-order valence-electron chi connectivity index (χ4n) is 2.19. The van der Waals surface area contributed by atoms with E-state index in [4.69, 9.17) is 0 Å². The molecular weight excluding hydrogens is 234 g/mol. The lowest BCUT2D eigenvalue weighted by molar-refractivity contribution is 1.06. The third kappa shape index (κ3) is 2.03. The second kappa shape index (κ2) is 4.69. The van der Waals surface area contributed by atoms with Crippen LogP contribution in [0.25, 0.3) is 17.1 Å². The number of rotatable bonds is 2. The van der Waals surface area contributed by atoms with Crippen molar-refractivity contribution in [2.24, 2.45) is 0 Å². The van der Waals surface area contributed by atoms with Crippen LogP contribution in [0.15, 0.2) is 54.9 Å². The van der Waals surface area contributed by atoms with Gasteiger partial charge in [-0.15, -0.1) is 10.2 Å². The zero-order valence-electron chi connectivity index (χ0n) is 11.0. The van der Waals surface area contributed by atoms with Crippen LogP contribution in [-0.2, 0) is 0 Å². The molecule has 1 aromatic heterocycles. The van der Waals surface area contributed by atoms with Crippen LogP contribution in [0.1, 0.15) is 11.1 Å². The highest BCUT2D eigenvalue weighted by Crippen LogP contribution is 2.25. The van der Waals surface area contributed by atoms with Gasteiger partial charge in [-0.25, -0.2) is 0 Å². The first-order valence-corrected chi connectivity index (χ1v) is 6.29. The van der Waals surface area contributed by atoms with E-state index in [9.17, 15) is 0 Å². The van der Waals surface area contributed by atoms with Crippen molar-refractivity contribution in [1.29, 1.82) is 0 Å². The Labute approximate surface area is 112 Å². The Morgan fingerprint density at radius 1 is 0.895 bits per heavy atom. The summed E-state index contributed by atoms with van der Waals surface area (Å²) in [6, 6.07) is 16.4. The summed E-state index contributed by atoms with van der Waals surface area (Å²) in [6.07, 6.45) is 1.76. The van der Waals surface area contributed by atoms with Gasteiger partial charge in [0.05, 0.1) is 0 Å². The molecule has 19 heavy (non-hydrogen) atoms. The molecule has 3 rings (SSSR count). The van der Waals surface area contributed by atoms with E-state index < -0.39 is 0 Å². The van der Waals surface area contributed by atoms with Crippen LogP contribution in [0.4, 0.5) is 0 Å². The molecule has 2 aromatic carbocycles. The van der Waals surface area contributed by atoms with Crippen molar-refractivity contribution in [3.8, 4) is 17.1 Å². The molecule has 0 aliphatic rings. The van der Waals surface area contributed by atoms with Gasteiger partial charge in [0.1, 0.15) is 6.33 Å². The molecule has 94 valence electrons. The van der Waals surface area contributed by atoms with Gasteiger partial charge in [-0.3, -0.25) is 4.57 Å². The highest BCUT2D eigenvalue weighted by molar-refractivity contribution is 5.63. The van der Waals surface area contributed by atoms with Crippen molar-refractivity contribution >= 4 is 0 Å². The van der Waals surface area contributed by atoms with Gasteiger partial charge in [0, 0.05) is 11.3 Å². The van der Waals surface area contributed by atoms with Gasteiger partial charge < -0.3 is 0 Å². The highest BCUT2D eigenvalue weighted by atomic mass is 15.3. The van der Waals surface area contributed by atoms with E-state index in [2.05, 4.69) is 54.4 Å². The third-order valence-corrected chi connectivity index (χ3v) is 3.43. The topological polar surface area (TPSA) is 30.7 Å². The van der Waals surface area contributed by atoms with E-state index in [-0.39, 0.29) is 0 Å². The number of benzene rings is 2. The second-order valence-electron chi connectivity index (χ2n) is 4.61. The van der Waals surface area contributed by atoms with Crippen molar-refractivity contribution in [3.05, 3.63) is 66.0 Å². The summed E-state index contributed by atoms with van der Waals surface area (Å²) < 4.78 is 2.02. The van der Waals surface area contributed by atoms with Crippen molar-refractivity contribution < 1.29 is 0 Å². The van der Waals surface area contributed by atoms with E-state index in [1.165, 1.54) is 11.1 Å². The molecule has 0 radical (unpaired) electrons.